The molecule has 0 spiro atoms. The number of nitrogens with one attached hydrogen (secondary N) is 3. The summed E-state index contributed by atoms with van der Waals surface area (Å²) in [6.07, 6.45) is 9.83. The molecular weight excluding hydrogens is 312 g/mol. The number of allylic oxidation sites excluding steroid dienone is 1. The first kappa shape index (κ1) is 17.0. The van der Waals surface area contributed by atoms with Gasteiger partial charge in [-0.05, 0) is 43.2 Å². The molecule has 130 valence electrons. The lowest BCUT2D eigenvalue weighted by atomic mass is 9.95. The van der Waals surface area contributed by atoms with Crippen molar-refractivity contribution in [2.24, 2.45) is 22.4 Å². The molecule has 0 atom stereocenters. The largest absolute Gasteiger partial charge is 0.405 e. The molecule has 0 amide bonds. The molecule has 6 heteroatoms. The van der Waals surface area contributed by atoms with E-state index in [9.17, 15) is 0 Å². The molecule has 1 saturated carbocycles. The summed E-state index contributed by atoms with van der Waals surface area (Å²) in [5.41, 5.74) is 14.7. The van der Waals surface area contributed by atoms with E-state index in [1.165, 1.54) is 38.0 Å². The molecule has 6 nitrogen and oxygen atoms in total. The summed E-state index contributed by atoms with van der Waals surface area (Å²) in [6, 6.07) is 5.38. The van der Waals surface area contributed by atoms with Gasteiger partial charge >= 0.3 is 0 Å². The highest BCUT2D eigenvalue weighted by molar-refractivity contribution is 6.32. The molecule has 0 unspecified atom stereocenters. The van der Waals surface area contributed by atoms with Gasteiger partial charge in [0.15, 0.2) is 0 Å². The Hall–Kier alpha value is -2.89. The predicted molar refractivity (Wildman–Crippen MR) is 103 cm³/mol. The summed E-state index contributed by atoms with van der Waals surface area (Å²) in [5, 5.41) is 19.7. The lowest BCUT2D eigenvalue weighted by Crippen LogP contribution is -2.27. The van der Waals surface area contributed by atoms with Crippen LogP contribution in [0.15, 0.2) is 47.2 Å². The van der Waals surface area contributed by atoms with Crippen molar-refractivity contribution in [3.8, 4) is 0 Å². The normalized spacial score (nSPS) is 19.3. The summed E-state index contributed by atoms with van der Waals surface area (Å²) >= 11 is 0. The highest BCUT2D eigenvalue weighted by Gasteiger charge is 2.22. The van der Waals surface area contributed by atoms with Crippen molar-refractivity contribution in [1.82, 2.24) is 5.32 Å². The highest BCUT2D eigenvalue weighted by atomic mass is 14.9. The number of rotatable bonds is 5. The lowest BCUT2D eigenvalue weighted by molar-refractivity contribution is 0.527. The third kappa shape index (κ3) is 3.63. The first-order valence-electron chi connectivity index (χ1n) is 8.58. The minimum atomic E-state index is 0.296. The average molecular weight is 336 g/mol. The molecule has 25 heavy (non-hydrogen) atoms. The molecule has 0 radical (unpaired) electrons. The van der Waals surface area contributed by atoms with Gasteiger partial charge < -0.3 is 22.2 Å². The number of hydrogen-bond donors (Lipinski definition) is 5. The van der Waals surface area contributed by atoms with Crippen molar-refractivity contribution in [3.63, 3.8) is 0 Å². The molecule has 2 aliphatic rings. The SMILES string of the molecule is N=C(/C=C\N)c1ccc2c(c1)N=C(N)/C(=C/NCC1CCCC1)C2=N. The fraction of sp³-hybridized carbons (Fsp3) is 0.316. The minimum Gasteiger partial charge on any atom is -0.405 e. The number of amidine groups is 1. The maximum absolute atomic E-state index is 8.45. The minimum absolute atomic E-state index is 0.296. The predicted octanol–water partition coefficient (Wildman–Crippen LogP) is 2.56. The van der Waals surface area contributed by atoms with Gasteiger partial charge in [0.1, 0.15) is 5.84 Å². The lowest BCUT2D eigenvalue weighted by Gasteiger charge is -2.19. The van der Waals surface area contributed by atoms with E-state index < -0.39 is 0 Å². The second kappa shape index (κ2) is 7.34. The Morgan fingerprint density at radius 2 is 2.08 bits per heavy atom. The maximum atomic E-state index is 8.45. The van der Waals surface area contributed by atoms with E-state index in [1.54, 1.807) is 12.1 Å². The molecule has 1 aliphatic carbocycles. The number of aliphatic imine (C=N–C) groups is 1. The number of hydrogen-bond acceptors (Lipinski definition) is 6. The Bertz CT molecular complexity index is 781. The summed E-state index contributed by atoms with van der Waals surface area (Å²) < 4.78 is 0. The van der Waals surface area contributed by atoms with E-state index in [0.717, 1.165) is 12.1 Å². The van der Waals surface area contributed by atoms with Crippen molar-refractivity contribution in [2.75, 3.05) is 6.54 Å². The van der Waals surface area contributed by atoms with Gasteiger partial charge in [0.05, 0.1) is 22.7 Å². The molecule has 0 saturated heterocycles. The van der Waals surface area contributed by atoms with E-state index in [1.807, 2.05) is 12.3 Å². The number of nitrogens with zero attached hydrogens (tertiary/aromatic N) is 1. The smallest absolute Gasteiger partial charge is 0.135 e. The Labute approximate surface area is 147 Å². The van der Waals surface area contributed by atoms with Gasteiger partial charge in [0, 0.05) is 23.9 Å². The van der Waals surface area contributed by atoms with Crippen LogP contribution in [-0.2, 0) is 0 Å². The zero-order valence-corrected chi connectivity index (χ0v) is 14.2. The molecule has 3 rings (SSSR count). The molecule has 1 aromatic rings. The number of benzene rings is 1. The highest BCUT2D eigenvalue weighted by Crippen LogP contribution is 2.29. The van der Waals surface area contributed by atoms with Gasteiger partial charge in [-0.1, -0.05) is 18.9 Å². The summed E-state index contributed by atoms with van der Waals surface area (Å²) in [7, 11) is 0. The van der Waals surface area contributed by atoms with Crippen molar-refractivity contribution >= 4 is 22.9 Å². The average Bonchev–Trinajstić information content (AvgIpc) is 3.11. The van der Waals surface area contributed by atoms with Crippen LogP contribution in [0.4, 0.5) is 5.69 Å². The quantitative estimate of drug-likeness (QED) is 0.531. The third-order valence-corrected chi connectivity index (χ3v) is 4.75. The van der Waals surface area contributed by atoms with Crippen LogP contribution in [0.2, 0.25) is 0 Å². The Morgan fingerprint density at radius 3 is 2.80 bits per heavy atom. The Morgan fingerprint density at radius 1 is 1.32 bits per heavy atom. The van der Waals surface area contributed by atoms with Crippen LogP contribution in [-0.4, -0.2) is 23.8 Å². The number of nitrogens with two attached hydrogens (primary N) is 2. The molecule has 7 N–H and O–H groups in total. The van der Waals surface area contributed by atoms with E-state index in [0.29, 0.717) is 40.0 Å². The van der Waals surface area contributed by atoms with Crippen molar-refractivity contribution < 1.29 is 0 Å². The van der Waals surface area contributed by atoms with Crippen molar-refractivity contribution in [3.05, 3.63) is 53.4 Å². The van der Waals surface area contributed by atoms with Crippen LogP contribution in [0.25, 0.3) is 0 Å². The van der Waals surface area contributed by atoms with Crippen molar-refractivity contribution in [2.45, 2.75) is 25.7 Å². The fourth-order valence-corrected chi connectivity index (χ4v) is 3.35. The van der Waals surface area contributed by atoms with Gasteiger partial charge in [-0.3, -0.25) is 5.41 Å². The first-order chi connectivity index (χ1) is 12.1. The van der Waals surface area contributed by atoms with E-state index in [4.69, 9.17) is 22.3 Å². The molecule has 1 aromatic carbocycles. The van der Waals surface area contributed by atoms with Crippen LogP contribution in [0.1, 0.15) is 36.8 Å². The molecule has 1 aliphatic heterocycles. The first-order valence-corrected chi connectivity index (χ1v) is 8.58. The summed E-state index contributed by atoms with van der Waals surface area (Å²) in [6.45, 7) is 0.915. The Kier molecular flexibility index (Phi) is 4.97. The molecular formula is C19H24N6. The Balaban J connectivity index is 1.80. The summed E-state index contributed by atoms with van der Waals surface area (Å²) in [4.78, 5) is 4.42. The molecule has 0 aromatic heterocycles. The van der Waals surface area contributed by atoms with Gasteiger partial charge in [-0.2, -0.15) is 0 Å². The topological polar surface area (TPSA) is 124 Å². The second-order valence-corrected chi connectivity index (χ2v) is 6.49. The second-order valence-electron chi connectivity index (χ2n) is 6.49. The maximum Gasteiger partial charge on any atom is 0.135 e. The van der Waals surface area contributed by atoms with Crippen LogP contribution >= 0.6 is 0 Å². The van der Waals surface area contributed by atoms with Crippen LogP contribution in [0.5, 0.6) is 0 Å². The van der Waals surface area contributed by atoms with E-state index in [2.05, 4.69) is 10.3 Å². The van der Waals surface area contributed by atoms with E-state index >= 15 is 0 Å². The van der Waals surface area contributed by atoms with Crippen molar-refractivity contribution in [1.29, 1.82) is 10.8 Å². The van der Waals surface area contributed by atoms with E-state index in [-0.39, 0.29) is 0 Å². The fourth-order valence-electron chi connectivity index (χ4n) is 3.35. The summed E-state index contributed by atoms with van der Waals surface area (Å²) in [5.74, 6) is 1.04. The van der Waals surface area contributed by atoms with Crippen LogP contribution in [0.3, 0.4) is 0 Å². The van der Waals surface area contributed by atoms with Gasteiger partial charge in [0.2, 0.25) is 0 Å². The molecule has 1 heterocycles. The van der Waals surface area contributed by atoms with Crippen LogP contribution in [0, 0.1) is 16.7 Å². The standard InChI is InChI=1S/C19H24N6/c20-8-7-16(21)13-5-6-14-17(9-13)25-19(23)15(18(14)22)11-24-10-12-3-1-2-4-12/h5-9,11-12,21-22,24H,1-4,10,20H2,(H2,23,25)/b8-7-,15-11+,21-16?,22-18?. The monoisotopic (exact) mass is 336 g/mol. The van der Waals surface area contributed by atoms with Crippen LogP contribution < -0.4 is 16.8 Å². The third-order valence-electron chi connectivity index (χ3n) is 4.75. The molecule has 0 bridgehead atoms. The van der Waals surface area contributed by atoms with Gasteiger partial charge in [0.25, 0.3) is 0 Å². The van der Waals surface area contributed by atoms with Gasteiger partial charge in [-0.15, -0.1) is 0 Å². The zero-order valence-electron chi connectivity index (χ0n) is 14.2. The number of fused-ring (bicyclic) bond motifs is 1. The molecule has 1 fully saturated rings. The van der Waals surface area contributed by atoms with Gasteiger partial charge in [-0.25, -0.2) is 4.99 Å². The zero-order chi connectivity index (χ0) is 17.8.